The van der Waals surface area contributed by atoms with Crippen LogP contribution in [0.4, 0.5) is 15.2 Å². The van der Waals surface area contributed by atoms with Gasteiger partial charge >= 0.3 is 0 Å². The zero-order valence-corrected chi connectivity index (χ0v) is 16.9. The van der Waals surface area contributed by atoms with Gasteiger partial charge in [0.05, 0.1) is 32.3 Å². The molecule has 0 aliphatic carbocycles. The Morgan fingerprint density at radius 3 is 2.63 bits per heavy atom. The van der Waals surface area contributed by atoms with Gasteiger partial charge in [-0.1, -0.05) is 53.3 Å². The number of nitrogens with zero attached hydrogens (tertiary/aromatic N) is 3. The van der Waals surface area contributed by atoms with Crippen molar-refractivity contribution in [1.29, 1.82) is 0 Å². The molecule has 3 aromatic carbocycles. The van der Waals surface area contributed by atoms with Crippen LogP contribution in [0.3, 0.4) is 0 Å². The van der Waals surface area contributed by atoms with Crippen molar-refractivity contribution in [3.8, 4) is 0 Å². The highest BCUT2D eigenvalue weighted by Gasteiger charge is 2.25. The Hall–Kier alpha value is -3.36. The molecule has 0 aliphatic heterocycles. The first-order chi connectivity index (χ1) is 14.4. The summed E-state index contributed by atoms with van der Waals surface area (Å²) in [7, 11) is 0. The minimum atomic E-state index is -0.588. The number of non-ortho nitro benzene ring substituents is 1. The van der Waals surface area contributed by atoms with E-state index in [9.17, 15) is 19.3 Å². The highest BCUT2D eigenvalue weighted by molar-refractivity contribution is 7.22. The molecule has 30 heavy (non-hydrogen) atoms. The topological polar surface area (TPSA) is 76.3 Å². The van der Waals surface area contributed by atoms with Crippen molar-refractivity contribution in [1.82, 2.24) is 4.98 Å². The number of hydrogen-bond acceptors (Lipinski definition) is 5. The van der Waals surface area contributed by atoms with Gasteiger partial charge in [-0.3, -0.25) is 19.8 Å². The van der Waals surface area contributed by atoms with E-state index in [1.807, 2.05) is 30.3 Å². The van der Waals surface area contributed by atoms with Crippen molar-refractivity contribution in [2.75, 3.05) is 4.90 Å². The second kappa shape index (κ2) is 8.17. The van der Waals surface area contributed by atoms with Gasteiger partial charge in [0, 0.05) is 12.1 Å². The number of halogens is 2. The van der Waals surface area contributed by atoms with Gasteiger partial charge in [-0.2, -0.15) is 0 Å². The second-order valence-electron chi connectivity index (χ2n) is 6.41. The van der Waals surface area contributed by atoms with Crippen LogP contribution in [0, 0.1) is 15.9 Å². The third kappa shape index (κ3) is 4.00. The molecule has 4 aromatic rings. The number of thiazole rings is 1. The van der Waals surface area contributed by atoms with E-state index >= 15 is 0 Å². The molecule has 1 aromatic heterocycles. The smallest absolute Gasteiger partial charge is 0.270 e. The number of aromatic nitrogens is 1. The largest absolute Gasteiger partial charge is 0.279 e. The Labute approximate surface area is 179 Å². The molecule has 9 heteroatoms. The van der Waals surface area contributed by atoms with Crippen LogP contribution in [0.5, 0.6) is 0 Å². The summed E-state index contributed by atoms with van der Waals surface area (Å²) in [6, 6.07) is 17.1. The third-order valence-electron chi connectivity index (χ3n) is 4.39. The van der Waals surface area contributed by atoms with Gasteiger partial charge in [0.25, 0.3) is 11.6 Å². The Bertz CT molecular complexity index is 1260. The number of benzene rings is 3. The van der Waals surface area contributed by atoms with Crippen LogP contribution in [0.15, 0.2) is 66.7 Å². The summed E-state index contributed by atoms with van der Waals surface area (Å²) >= 11 is 7.35. The third-order valence-corrected chi connectivity index (χ3v) is 5.76. The van der Waals surface area contributed by atoms with E-state index in [1.165, 1.54) is 35.2 Å². The highest BCUT2D eigenvalue weighted by atomic mass is 35.5. The fraction of sp³-hybridized carbons (Fsp3) is 0.0476. The fourth-order valence-electron chi connectivity index (χ4n) is 2.93. The summed E-state index contributed by atoms with van der Waals surface area (Å²) in [5.41, 5.74) is 1.13. The fourth-order valence-corrected chi connectivity index (χ4v) is 4.12. The molecular weight excluding hydrogens is 429 g/mol. The molecule has 0 unspecified atom stereocenters. The van der Waals surface area contributed by atoms with Crippen molar-refractivity contribution in [2.24, 2.45) is 0 Å². The first-order valence-electron chi connectivity index (χ1n) is 8.78. The van der Waals surface area contributed by atoms with Crippen LogP contribution in [0.25, 0.3) is 10.2 Å². The van der Waals surface area contributed by atoms with E-state index < -0.39 is 16.6 Å². The molecular formula is C21H13ClFN3O3S. The minimum absolute atomic E-state index is 0.00719. The quantitative estimate of drug-likeness (QED) is 0.288. The number of amides is 1. The molecule has 0 radical (unpaired) electrons. The van der Waals surface area contributed by atoms with E-state index in [-0.39, 0.29) is 22.8 Å². The lowest BCUT2D eigenvalue weighted by Crippen LogP contribution is -2.30. The number of hydrogen-bond donors (Lipinski definition) is 0. The summed E-state index contributed by atoms with van der Waals surface area (Å²) in [6.45, 7) is 0.168. The predicted octanol–water partition coefficient (Wildman–Crippen LogP) is 5.84. The van der Waals surface area contributed by atoms with Crippen molar-refractivity contribution < 1.29 is 14.1 Å². The number of anilines is 1. The molecule has 1 amide bonds. The SMILES string of the molecule is O=C(c1cc([N+](=O)[O-])ccc1Cl)N(Cc1ccccc1)c1nc2ccc(F)cc2s1. The van der Waals surface area contributed by atoms with Crippen molar-refractivity contribution in [2.45, 2.75) is 6.54 Å². The lowest BCUT2D eigenvalue weighted by molar-refractivity contribution is -0.384. The van der Waals surface area contributed by atoms with E-state index in [0.29, 0.717) is 15.3 Å². The molecule has 0 bridgehead atoms. The molecule has 150 valence electrons. The van der Waals surface area contributed by atoms with Crippen LogP contribution in [0.1, 0.15) is 15.9 Å². The molecule has 1 heterocycles. The van der Waals surface area contributed by atoms with Crippen LogP contribution >= 0.6 is 22.9 Å². The zero-order chi connectivity index (χ0) is 21.3. The number of rotatable bonds is 5. The van der Waals surface area contributed by atoms with Crippen LogP contribution < -0.4 is 4.90 Å². The average molecular weight is 442 g/mol. The number of fused-ring (bicyclic) bond motifs is 1. The zero-order valence-electron chi connectivity index (χ0n) is 15.3. The Morgan fingerprint density at radius 2 is 1.90 bits per heavy atom. The van der Waals surface area contributed by atoms with E-state index in [1.54, 1.807) is 0 Å². The van der Waals surface area contributed by atoms with Crippen molar-refractivity contribution in [3.05, 3.63) is 98.8 Å². The van der Waals surface area contributed by atoms with Gasteiger partial charge in [-0.25, -0.2) is 9.37 Å². The van der Waals surface area contributed by atoms with Gasteiger partial charge in [-0.05, 0) is 29.8 Å². The summed E-state index contributed by atoms with van der Waals surface area (Å²) in [4.78, 5) is 29.8. The maximum atomic E-state index is 13.6. The van der Waals surface area contributed by atoms with Crippen molar-refractivity contribution >= 4 is 49.9 Å². The van der Waals surface area contributed by atoms with Crippen LogP contribution in [-0.2, 0) is 6.54 Å². The molecule has 0 fully saturated rings. The maximum Gasteiger partial charge on any atom is 0.270 e. The number of carbonyl (C=O) groups is 1. The standard InChI is InChI=1S/C21H13ClFN3O3S/c22-17-8-7-15(26(28)29)11-16(17)20(27)25(12-13-4-2-1-3-5-13)21-24-18-9-6-14(23)10-19(18)30-21/h1-11H,12H2. The van der Waals surface area contributed by atoms with Gasteiger partial charge in [0.15, 0.2) is 5.13 Å². The van der Waals surface area contributed by atoms with E-state index in [0.717, 1.165) is 23.0 Å². The lowest BCUT2D eigenvalue weighted by atomic mass is 10.1. The summed E-state index contributed by atoms with van der Waals surface area (Å²) < 4.78 is 14.2. The first-order valence-corrected chi connectivity index (χ1v) is 9.97. The highest BCUT2D eigenvalue weighted by Crippen LogP contribution is 2.33. The number of nitro benzene ring substituents is 1. The Morgan fingerprint density at radius 1 is 1.13 bits per heavy atom. The summed E-state index contributed by atoms with van der Waals surface area (Å²) in [5, 5.41) is 11.6. The summed E-state index contributed by atoms with van der Waals surface area (Å²) in [5.74, 6) is -0.938. The maximum absolute atomic E-state index is 13.6. The van der Waals surface area contributed by atoms with Gasteiger partial charge in [0.1, 0.15) is 5.82 Å². The van der Waals surface area contributed by atoms with Crippen LogP contribution in [-0.4, -0.2) is 15.8 Å². The van der Waals surface area contributed by atoms with Gasteiger partial charge < -0.3 is 0 Å². The first kappa shape index (κ1) is 19.9. The monoisotopic (exact) mass is 441 g/mol. The molecule has 0 spiro atoms. The molecule has 0 aliphatic rings. The second-order valence-corrected chi connectivity index (χ2v) is 7.82. The molecule has 0 atom stereocenters. The molecule has 0 saturated carbocycles. The summed E-state index contributed by atoms with van der Waals surface area (Å²) in [6.07, 6.45) is 0. The molecule has 0 saturated heterocycles. The lowest BCUT2D eigenvalue weighted by Gasteiger charge is -2.20. The Kier molecular flexibility index (Phi) is 5.43. The Balaban J connectivity index is 1.81. The van der Waals surface area contributed by atoms with Crippen LogP contribution in [0.2, 0.25) is 5.02 Å². The molecule has 0 N–H and O–H groups in total. The minimum Gasteiger partial charge on any atom is -0.279 e. The van der Waals surface area contributed by atoms with E-state index in [2.05, 4.69) is 4.98 Å². The number of nitro groups is 1. The molecule has 4 rings (SSSR count). The number of carbonyl (C=O) groups excluding carboxylic acids is 1. The van der Waals surface area contributed by atoms with Gasteiger partial charge in [-0.15, -0.1) is 0 Å². The predicted molar refractivity (Wildman–Crippen MR) is 115 cm³/mol. The van der Waals surface area contributed by atoms with E-state index in [4.69, 9.17) is 11.6 Å². The molecule has 6 nitrogen and oxygen atoms in total. The van der Waals surface area contributed by atoms with Crippen molar-refractivity contribution in [3.63, 3.8) is 0 Å². The average Bonchev–Trinajstić information content (AvgIpc) is 3.15. The van der Waals surface area contributed by atoms with Gasteiger partial charge in [0.2, 0.25) is 0 Å². The normalized spacial score (nSPS) is 10.9.